The summed E-state index contributed by atoms with van der Waals surface area (Å²) in [6, 6.07) is 0. The highest BCUT2D eigenvalue weighted by molar-refractivity contribution is 4.20. The summed E-state index contributed by atoms with van der Waals surface area (Å²) in [5.74, 6) is 0. The minimum atomic E-state index is -0.167. The molecule has 2 heteroatoms. The molecule has 0 amide bonds. The van der Waals surface area contributed by atoms with Crippen LogP contribution in [-0.2, 0) is 0 Å². The van der Waals surface area contributed by atoms with Crippen molar-refractivity contribution >= 4 is 0 Å². The zero-order valence-corrected chi connectivity index (χ0v) is 6.23. The minimum Gasteiger partial charge on any atom is -0.394 e. The van der Waals surface area contributed by atoms with E-state index in [4.69, 9.17) is 5.11 Å². The van der Waals surface area contributed by atoms with E-state index in [9.17, 15) is 0 Å². The molecular formula is C6H17NO. The van der Waals surface area contributed by atoms with Crippen LogP contribution in [0.15, 0.2) is 0 Å². The fraction of sp³-hybridized carbons (Fsp3) is 1.00. The van der Waals surface area contributed by atoms with Gasteiger partial charge in [0.15, 0.2) is 0 Å². The van der Waals surface area contributed by atoms with Crippen LogP contribution in [0, 0.1) is 0 Å². The van der Waals surface area contributed by atoms with Gasteiger partial charge in [-0.3, -0.25) is 0 Å². The molecular weight excluding hydrogens is 102 g/mol. The molecule has 2 N–H and O–H groups in total. The summed E-state index contributed by atoms with van der Waals surface area (Å²) >= 11 is 0. The van der Waals surface area contributed by atoms with Crippen molar-refractivity contribution in [2.75, 3.05) is 13.6 Å². The Balaban J connectivity index is 0. The van der Waals surface area contributed by atoms with Crippen LogP contribution in [0.5, 0.6) is 0 Å². The van der Waals surface area contributed by atoms with Gasteiger partial charge >= 0.3 is 0 Å². The van der Waals surface area contributed by atoms with E-state index >= 15 is 0 Å². The fourth-order valence-corrected chi connectivity index (χ4v) is 0. The first kappa shape index (κ1) is 10.8. The smallest absolute Gasteiger partial charge is 0.0483 e. The van der Waals surface area contributed by atoms with E-state index in [0.29, 0.717) is 0 Å². The Morgan fingerprint density at radius 3 is 1.62 bits per heavy atom. The quantitative estimate of drug-likeness (QED) is 0.530. The maximum Gasteiger partial charge on any atom is 0.0483 e. The molecule has 0 aliphatic heterocycles. The highest BCUT2D eigenvalue weighted by Gasteiger charge is 1.69. The second-order valence-corrected chi connectivity index (χ2v) is 1.80. The molecule has 8 heavy (non-hydrogen) atoms. The van der Waals surface area contributed by atoms with E-state index in [-0.39, 0.29) is 6.10 Å². The average molecular weight is 119 g/mol. The van der Waals surface area contributed by atoms with E-state index < -0.39 is 0 Å². The van der Waals surface area contributed by atoms with Crippen molar-refractivity contribution < 1.29 is 5.11 Å². The number of hydrogen-bond acceptors (Lipinski definition) is 2. The second-order valence-electron chi connectivity index (χ2n) is 1.80. The lowest BCUT2D eigenvalue weighted by atomic mass is 10.5. The van der Waals surface area contributed by atoms with Crippen molar-refractivity contribution in [1.29, 1.82) is 0 Å². The van der Waals surface area contributed by atoms with Gasteiger partial charge in [-0.25, -0.2) is 0 Å². The van der Waals surface area contributed by atoms with Gasteiger partial charge in [0.2, 0.25) is 0 Å². The Kier molecular flexibility index (Phi) is 13.6. The molecule has 0 atom stereocenters. The number of rotatable bonds is 1. The maximum absolute atomic E-state index is 8.06. The zero-order chi connectivity index (χ0) is 6.99. The first-order chi connectivity index (χ1) is 3.65. The summed E-state index contributed by atoms with van der Waals surface area (Å²) in [5.41, 5.74) is 0. The first-order valence-corrected chi connectivity index (χ1v) is 2.97. The largest absolute Gasteiger partial charge is 0.394 e. The van der Waals surface area contributed by atoms with Crippen molar-refractivity contribution in [3.63, 3.8) is 0 Å². The molecule has 0 rings (SSSR count). The third-order valence-electron chi connectivity index (χ3n) is 0.354. The van der Waals surface area contributed by atoms with Gasteiger partial charge in [0, 0.05) is 6.10 Å². The molecule has 0 aromatic carbocycles. The molecule has 0 fully saturated rings. The van der Waals surface area contributed by atoms with Gasteiger partial charge in [0.1, 0.15) is 0 Å². The third kappa shape index (κ3) is 169. The third-order valence-corrected chi connectivity index (χ3v) is 0.354. The van der Waals surface area contributed by atoms with Crippen LogP contribution in [0.2, 0.25) is 0 Å². The molecule has 0 aliphatic rings. The average Bonchev–Trinajstić information content (AvgIpc) is 1.65. The van der Waals surface area contributed by atoms with Crippen molar-refractivity contribution in [3.05, 3.63) is 0 Å². The van der Waals surface area contributed by atoms with Gasteiger partial charge in [-0.1, -0.05) is 6.92 Å². The highest BCUT2D eigenvalue weighted by atomic mass is 16.3. The summed E-state index contributed by atoms with van der Waals surface area (Å²) in [5, 5.41) is 11.0. The van der Waals surface area contributed by atoms with Crippen molar-refractivity contribution in [3.8, 4) is 0 Å². The van der Waals surface area contributed by atoms with E-state index in [1.807, 2.05) is 7.05 Å². The van der Waals surface area contributed by atoms with E-state index in [1.54, 1.807) is 13.8 Å². The van der Waals surface area contributed by atoms with Crippen LogP contribution < -0.4 is 5.32 Å². The lowest BCUT2D eigenvalue weighted by Crippen LogP contribution is -2.01. The number of aliphatic hydroxyl groups excluding tert-OH is 1. The summed E-state index contributed by atoms with van der Waals surface area (Å²) < 4.78 is 0. The lowest BCUT2D eigenvalue weighted by Gasteiger charge is -1.80. The van der Waals surface area contributed by atoms with Gasteiger partial charge in [-0.05, 0) is 27.4 Å². The van der Waals surface area contributed by atoms with Gasteiger partial charge in [0.05, 0.1) is 0 Å². The molecule has 52 valence electrons. The summed E-state index contributed by atoms with van der Waals surface area (Å²) in [6.45, 7) is 6.58. The Morgan fingerprint density at radius 1 is 1.50 bits per heavy atom. The topological polar surface area (TPSA) is 32.3 Å². The molecule has 0 radical (unpaired) electrons. The van der Waals surface area contributed by atoms with Crippen molar-refractivity contribution in [1.82, 2.24) is 5.32 Å². The van der Waals surface area contributed by atoms with Crippen LogP contribution in [0.1, 0.15) is 20.8 Å². The first-order valence-electron chi connectivity index (χ1n) is 2.97. The van der Waals surface area contributed by atoms with E-state index in [2.05, 4.69) is 12.2 Å². The number of hydrogen-bond donors (Lipinski definition) is 2. The Hall–Kier alpha value is -0.0800. The molecule has 0 unspecified atom stereocenters. The molecule has 2 nitrogen and oxygen atoms in total. The number of nitrogens with one attached hydrogen (secondary N) is 1. The highest BCUT2D eigenvalue weighted by Crippen LogP contribution is 1.65. The summed E-state index contributed by atoms with van der Waals surface area (Å²) in [4.78, 5) is 0. The Bertz CT molecular complexity index is 25.0. The van der Waals surface area contributed by atoms with Gasteiger partial charge in [-0.2, -0.15) is 0 Å². The lowest BCUT2D eigenvalue weighted by molar-refractivity contribution is 0.216. The van der Waals surface area contributed by atoms with E-state index in [0.717, 1.165) is 6.54 Å². The van der Waals surface area contributed by atoms with Crippen LogP contribution >= 0.6 is 0 Å². The van der Waals surface area contributed by atoms with Gasteiger partial charge < -0.3 is 10.4 Å². The molecule has 0 bridgehead atoms. The minimum absolute atomic E-state index is 0.167. The van der Waals surface area contributed by atoms with Gasteiger partial charge in [-0.15, -0.1) is 0 Å². The monoisotopic (exact) mass is 119 g/mol. The van der Waals surface area contributed by atoms with Crippen LogP contribution in [0.3, 0.4) is 0 Å². The fourth-order valence-electron chi connectivity index (χ4n) is 0. The molecule has 0 saturated carbocycles. The standard InChI is InChI=1S/C3H9N.C3H8O/c1-3-4-2;1-3(2)4/h4H,3H2,1-2H3;3-4H,1-2H3. The van der Waals surface area contributed by atoms with Crippen LogP contribution in [0.4, 0.5) is 0 Å². The predicted molar refractivity (Wildman–Crippen MR) is 37.0 cm³/mol. The predicted octanol–water partition coefficient (Wildman–Crippen LogP) is 0.613. The normalized spacial score (nSPS) is 8.25. The van der Waals surface area contributed by atoms with Crippen molar-refractivity contribution in [2.24, 2.45) is 0 Å². The van der Waals surface area contributed by atoms with Crippen LogP contribution in [-0.4, -0.2) is 24.8 Å². The summed E-state index contributed by atoms with van der Waals surface area (Å²) in [7, 11) is 1.93. The molecule has 0 aromatic rings. The molecule has 0 spiro atoms. The maximum atomic E-state index is 8.06. The SMILES string of the molecule is CC(C)O.CCNC. The molecule has 0 saturated heterocycles. The molecule has 0 aliphatic carbocycles. The molecule has 0 aromatic heterocycles. The van der Waals surface area contributed by atoms with Gasteiger partial charge in [0.25, 0.3) is 0 Å². The zero-order valence-electron chi connectivity index (χ0n) is 6.23. The summed E-state index contributed by atoms with van der Waals surface area (Å²) in [6.07, 6.45) is -0.167. The molecule has 0 heterocycles. The van der Waals surface area contributed by atoms with Crippen LogP contribution in [0.25, 0.3) is 0 Å². The second kappa shape index (κ2) is 10.0. The number of aliphatic hydroxyl groups is 1. The van der Waals surface area contributed by atoms with E-state index in [1.165, 1.54) is 0 Å². The van der Waals surface area contributed by atoms with Crippen molar-refractivity contribution in [2.45, 2.75) is 26.9 Å². The Morgan fingerprint density at radius 2 is 1.62 bits per heavy atom. The Labute approximate surface area is 51.9 Å².